The van der Waals surface area contributed by atoms with E-state index in [9.17, 15) is 5.26 Å². The fourth-order valence-corrected chi connectivity index (χ4v) is 4.61. The number of ether oxygens (including phenoxy) is 3. The van der Waals surface area contributed by atoms with E-state index in [1.165, 1.54) is 0 Å². The molecule has 0 spiro atoms. The largest absolute Gasteiger partial charge is 0.497 e. The quantitative estimate of drug-likeness (QED) is 0.345. The van der Waals surface area contributed by atoms with Gasteiger partial charge in [-0.3, -0.25) is 4.98 Å². The van der Waals surface area contributed by atoms with Crippen LogP contribution in [-0.4, -0.2) is 62.3 Å². The monoisotopic (exact) mass is 509 g/mol. The topological polar surface area (TPSA) is 83.7 Å². The lowest BCUT2D eigenvalue weighted by Crippen LogP contribution is -2.44. The molecule has 0 bridgehead atoms. The van der Waals surface area contributed by atoms with Crippen LogP contribution in [0.25, 0.3) is 11.0 Å². The SMILES string of the molecule is COc1ccc(COc2ccc(Cc3ccc4ncc(N5CCN(C)CC5)nc4c3C#N)cc2OC)cc1. The number of nitriles is 1. The van der Waals surface area contributed by atoms with Crippen LogP contribution in [0.4, 0.5) is 5.82 Å². The van der Waals surface area contributed by atoms with Gasteiger partial charge in [-0.15, -0.1) is 0 Å². The van der Waals surface area contributed by atoms with Crippen molar-refractivity contribution in [3.8, 4) is 23.3 Å². The summed E-state index contributed by atoms with van der Waals surface area (Å²) in [6.07, 6.45) is 2.37. The van der Waals surface area contributed by atoms with Crippen LogP contribution in [0.3, 0.4) is 0 Å². The van der Waals surface area contributed by atoms with E-state index >= 15 is 0 Å². The lowest BCUT2D eigenvalue weighted by atomic mass is 9.98. The molecule has 38 heavy (non-hydrogen) atoms. The minimum absolute atomic E-state index is 0.414. The van der Waals surface area contributed by atoms with E-state index in [4.69, 9.17) is 19.2 Å². The van der Waals surface area contributed by atoms with Crippen molar-refractivity contribution < 1.29 is 14.2 Å². The molecule has 194 valence electrons. The van der Waals surface area contributed by atoms with Crippen molar-refractivity contribution in [2.75, 3.05) is 52.3 Å². The molecule has 0 N–H and O–H groups in total. The van der Waals surface area contributed by atoms with E-state index in [1.807, 2.05) is 60.8 Å². The molecule has 1 aliphatic rings. The van der Waals surface area contributed by atoms with Crippen molar-refractivity contribution in [1.82, 2.24) is 14.9 Å². The molecule has 1 saturated heterocycles. The van der Waals surface area contributed by atoms with E-state index in [1.54, 1.807) is 14.2 Å². The maximum Gasteiger partial charge on any atom is 0.161 e. The molecule has 5 rings (SSSR count). The van der Waals surface area contributed by atoms with Gasteiger partial charge in [-0.25, -0.2) is 4.98 Å². The minimum Gasteiger partial charge on any atom is -0.497 e. The van der Waals surface area contributed by atoms with Gasteiger partial charge in [0.05, 0.1) is 31.5 Å². The fraction of sp³-hybridized carbons (Fsp3) is 0.300. The number of anilines is 1. The number of methoxy groups -OCH3 is 2. The molecule has 0 unspecified atom stereocenters. The first-order chi connectivity index (χ1) is 18.6. The number of aromatic nitrogens is 2. The Kier molecular flexibility index (Phi) is 7.57. The summed E-state index contributed by atoms with van der Waals surface area (Å²) in [5, 5.41) is 10.1. The zero-order valence-corrected chi connectivity index (χ0v) is 22.0. The zero-order valence-electron chi connectivity index (χ0n) is 22.0. The molecule has 8 nitrogen and oxygen atoms in total. The highest BCUT2D eigenvalue weighted by atomic mass is 16.5. The second-order valence-corrected chi connectivity index (χ2v) is 9.40. The fourth-order valence-electron chi connectivity index (χ4n) is 4.61. The molecule has 0 atom stereocenters. The molecule has 0 radical (unpaired) electrons. The summed E-state index contributed by atoms with van der Waals surface area (Å²) in [6, 6.07) is 19.9. The Labute approximate surface area is 223 Å². The van der Waals surface area contributed by atoms with Crippen LogP contribution in [0.15, 0.2) is 60.8 Å². The predicted molar refractivity (Wildman–Crippen MR) is 147 cm³/mol. The second kappa shape index (κ2) is 11.4. The lowest BCUT2D eigenvalue weighted by Gasteiger charge is -2.33. The standard InChI is InChI=1S/C30H31N5O3/c1-34-12-14-35(15-13-34)29-19-32-26-10-7-23(25(18-31)30(26)33-29)16-22-6-11-27(28(17-22)37-3)38-20-21-4-8-24(36-2)9-5-21/h4-11,17,19H,12-16,20H2,1-3H3. The van der Waals surface area contributed by atoms with Crippen LogP contribution >= 0.6 is 0 Å². The number of benzene rings is 3. The maximum atomic E-state index is 10.1. The van der Waals surface area contributed by atoms with Crippen LogP contribution in [0.5, 0.6) is 17.2 Å². The summed E-state index contributed by atoms with van der Waals surface area (Å²) < 4.78 is 16.9. The smallest absolute Gasteiger partial charge is 0.161 e. The number of nitrogens with zero attached hydrogens (tertiary/aromatic N) is 5. The van der Waals surface area contributed by atoms with Crippen molar-refractivity contribution in [3.05, 3.63) is 83.0 Å². The third kappa shape index (κ3) is 5.48. The minimum atomic E-state index is 0.414. The average molecular weight is 510 g/mol. The number of hydrogen-bond acceptors (Lipinski definition) is 8. The van der Waals surface area contributed by atoms with Gasteiger partial charge in [0.2, 0.25) is 0 Å². The van der Waals surface area contributed by atoms with Crippen molar-refractivity contribution >= 4 is 16.9 Å². The first-order valence-electron chi connectivity index (χ1n) is 12.6. The van der Waals surface area contributed by atoms with Gasteiger partial charge in [0, 0.05) is 26.2 Å². The van der Waals surface area contributed by atoms with Crippen LogP contribution < -0.4 is 19.1 Å². The van der Waals surface area contributed by atoms with E-state index in [-0.39, 0.29) is 0 Å². The first kappa shape index (κ1) is 25.3. The molecule has 0 saturated carbocycles. The van der Waals surface area contributed by atoms with Crippen LogP contribution in [-0.2, 0) is 13.0 Å². The number of piperazine rings is 1. The van der Waals surface area contributed by atoms with Crippen molar-refractivity contribution in [1.29, 1.82) is 5.26 Å². The highest BCUT2D eigenvalue weighted by Gasteiger charge is 2.18. The third-order valence-corrected chi connectivity index (χ3v) is 6.90. The van der Waals surface area contributed by atoms with Gasteiger partial charge < -0.3 is 24.0 Å². The van der Waals surface area contributed by atoms with Gasteiger partial charge in [0.15, 0.2) is 11.5 Å². The third-order valence-electron chi connectivity index (χ3n) is 6.90. The molecule has 2 heterocycles. The summed E-state index contributed by atoms with van der Waals surface area (Å²) in [4.78, 5) is 14.0. The summed E-state index contributed by atoms with van der Waals surface area (Å²) in [5.74, 6) is 2.93. The Morgan fingerprint density at radius 1 is 0.895 bits per heavy atom. The zero-order chi connectivity index (χ0) is 26.5. The van der Waals surface area contributed by atoms with Crippen LogP contribution in [0.1, 0.15) is 22.3 Å². The Bertz CT molecular complexity index is 1460. The van der Waals surface area contributed by atoms with Crippen LogP contribution in [0.2, 0.25) is 0 Å². The summed E-state index contributed by atoms with van der Waals surface area (Å²) in [6.45, 7) is 4.16. The van der Waals surface area contributed by atoms with Crippen molar-refractivity contribution in [2.45, 2.75) is 13.0 Å². The molecule has 1 aromatic heterocycles. The van der Waals surface area contributed by atoms with E-state index < -0.39 is 0 Å². The molecule has 0 amide bonds. The van der Waals surface area contributed by atoms with Gasteiger partial charge in [0.1, 0.15) is 29.8 Å². The van der Waals surface area contributed by atoms with Crippen molar-refractivity contribution in [3.63, 3.8) is 0 Å². The average Bonchev–Trinajstić information content (AvgIpc) is 2.96. The Hall–Kier alpha value is -4.35. The molecule has 1 aliphatic heterocycles. The van der Waals surface area contributed by atoms with E-state index in [0.29, 0.717) is 35.6 Å². The highest BCUT2D eigenvalue weighted by molar-refractivity contribution is 5.83. The highest BCUT2D eigenvalue weighted by Crippen LogP contribution is 2.31. The Morgan fingerprint density at radius 3 is 2.37 bits per heavy atom. The molecular weight excluding hydrogens is 478 g/mol. The van der Waals surface area contributed by atoms with E-state index in [0.717, 1.165) is 60.0 Å². The summed E-state index contributed by atoms with van der Waals surface area (Å²) >= 11 is 0. The second-order valence-electron chi connectivity index (χ2n) is 9.40. The molecule has 0 aliphatic carbocycles. The van der Waals surface area contributed by atoms with Crippen LogP contribution in [0, 0.1) is 11.3 Å². The molecule has 8 heteroatoms. The van der Waals surface area contributed by atoms with Gasteiger partial charge in [-0.1, -0.05) is 24.3 Å². The summed E-state index contributed by atoms with van der Waals surface area (Å²) in [5.41, 5.74) is 4.88. The van der Waals surface area contributed by atoms with Crippen molar-refractivity contribution in [2.24, 2.45) is 0 Å². The van der Waals surface area contributed by atoms with Gasteiger partial charge in [-0.2, -0.15) is 5.26 Å². The predicted octanol–water partition coefficient (Wildman–Crippen LogP) is 4.44. The first-order valence-corrected chi connectivity index (χ1v) is 12.6. The van der Waals surface area contributed by atoms with E-state index in [2.05, 4.69) is 27.9 Å². The maximum absolute atomic E-state index is 10.1. The van der Waals surface area contributed by atoms with Gasteiger partial charge >= 0.3 is 0 Å². The Morgan fingerprint density at radius 2 is 1.66 bits per heavy atom. The molecule has 4 aromatic rings. The molecule has 1 fully saturated rings. The van der Waals surface area contributed by atoms with Gasteiger partial charge in [0.25, 0.3) is 0 Å². The summed E-state index contributed by atoms with van der Waals surface area (Å²) in [7, 11) is 5.40. The molecule has 3 aromatic carbocycles. The number of fused-ring (bicyclic) bond motifs is 1. The number of likely N-dealkylation sites (N-methyl/N-ethyl adjacent to an activating group) is 1. The number of rotatable bonds is 8. The van der Waals surface area contributed by atoms with Gasteiger partial charge in [-0.05, 0) is 60.5 Å². The normalized spacial score (nSPS) is 13.8. The Balaban J connectivity index is 1.36. The number of hydrogen-bond donors (Lipinski definition) is 0. The molecular formula is C30H31N5O3. The lowest BCUT2D eigenvalue weighted by molar-refractivity contribution is 0.284.